The van der Waals surface area contributed by atoms with Gasteiger partial charge in [0.05, 0.1) is 6.04 Å². The molecule has 1 aliphatic rings. The first-order valence-electron chi connectivity index (χ1n) is 9.87. The van der Waals surface area contributed by atoms with Gasteiger partial charge in [-0.15, -0.1) is 0 Å². The summed E-state index contributed by atoms with van der Waals surface area (Å²) in [7, 11) is 0. The number of aromatic nitrogens is 3. The Bertz CT molecular complexity index is 894. The zero-order valence-corrected chi connectivity index (χ0v) is 15.8. The molecule has 0 aliphatic carbocycles. The van der Waals surface area contributed by atoms with Gasteiger partial charge in [-0.3, -0.25) is 5.10 Å². The second-order valence-electron chi connectivity index (χ2n) is 7.08. The molecule has 2 N–H and O–H groups in total. The first kappa shape index (κ1) is 18.2. The highest BCUT2D eigenvalue weighted by Crippen LogP contribution is 2.29. The molecular formula is C22H25N5O. The summed E-state index contributed by atoms with van der Waals surface area (Å²) in [5.41, 5.74) is 2.19. The van der Waals surface area contributed by atoms with Crippen LogP contribution >= 0.6 is 0 Å². The summed E-state index contributed by atoms with van der Waals surface area (Å²) < 4.78 is 0. The van der Waals surface area contributed by atoms with E-state index in [2.05, 4.69) is 32.6 Å². The fourth-order valence-electron chi connectivity index (χ4n) is 3.66. The summed E-state index contributed by atoms with van der Waals surface area (Å²) in [5.74, 6) is 1.43. The molecule has 2 aromatic carbocycles. The van der Waals surface area contributed by atoms with E-state index in [1.165, 1.54) is 5.56 Å². The lowest BCUT2D eigenvalue weighted by molar-refractivity contribution is 0.148. The highest BCUT2D eigenvalue weighted by molar-refractivity contribution is 5.74. The molecule has 4 rings (SSSR count). The van der Waals surface area contributed by atoms with E-state index in [9.17, 15) is 4.79 Å². The summed E-state index contributed by atoms with van der Waals surface area (Å²) >= 11 is 0. The van der Waals surface area contributed by atoms with Crippen molar-refractivity contribution in [1.82, 2.24) is 25.4 Å². The molecule has 28 heavy (non-hydrogen) atoms. The van der Waals surface area contributed by atoms with Crippen LogP contribution in [0.15, 0.2) is 60.7 Å². The summed E-state index contributed by atoms with van der Waals surface area (Å²) in [5, 5.41) is 10.5. The van der Waals surface area contributed by atoms with Gasteiger partial charge in [-0.1, -0.05) is 60.7 Å². The third-order valence-electron chi connectivity index (χ3n) is 5.15. The molecule has 1 fully saturated rings. The fourth-order valence-corrected chi connectivity index (χ4v) is 3.66. The van der Waals surface area contributed by atoms with Gasteiger partial charge >= 0.3 is 6.03 Å². The van der Waals surface area contributed by atoms with Crippen molar-refractivity contribution < 1.29 is 4.79 Å². The molecule has 0 spiro atoms. The number of amides is 2. The number of urea groups is 1. The first-order valence-corrected chi connectivity index (χ1v) is 9.87. The maximum atomic E-state index is 12.8. The van der Waals surface area contributed by atoms with E-state index in [-0.39, 0.29) is 12.1 Å². The van der Waals surface area contributed by atoms with Crippen molar-refractivity contribution in [3.8, 4) is 11.4 Å². The van der Waals surface area contributed by atoms with Crippen LogP contribution in [0.3, 0.4) is 0 Å². The van der Waals surface area contributed by atoms with E-state index in [4.69, 9.17) is 0 Å². The lowest BCUT2D eigenvalue weighted by atomic mass is 10.0. The highest BCUT2D eigenvalue weighted by Gasteiger charge is 2.30. The molecule has 2 amide bonds. The molecule has 1 aliphatic heterocycles. The van der Waals surface area contributed by atoms with Gasteiger partial charge in [0.2, 0.25) is 0 Å². The van der Waals surface area contributed by atoms with Gasteiger partial charge in [0.1, 0.15) is 5.82 Å². The number of carbonyl (C=O) groups excluding carboxylic acids is 1. The standard InChI is InChI=1S/C22H25N5O/c28-22(23-15-14-17-9-3-1-4-10-17)27-16-8-7-13-19(27)21-24-20(25-26-21)18-11-5-2-6-12-18/h1-6,9-12,19H,7-8,13-16H2,(H,23,28)(H,24,25,26). The number of H-pyrrole nitrogens is 1. The van der Waals surface area contributed by atoms with Crippen molar-refractivity contribution in [2.75, 3.05) is 13.1 Å². The number of carbonyl (C=O) groups is 1. The normalized spacial score (nSPS) is 16.7. The Morgan fingerprint density at radius 3 is 2.61 bits per heavy atom. The van der Waals surface area contributed by atoms with Crippen LogP contribution in [-0.4, -0.2) is 39.2 Å². The molecule has 0 bridgehead atoms. The number of rotatable bonds is 5. The van der Waals surface area contributed by atoms with Gasteiger partial charge in [-0.05, 0) is 31.2 Å². The van der Waals surface area contributed by atoms with Gasteiger partial charge in [-0.25, -0.2) is 9.78 Å². The number of nitrogens with one attached hydrogen (secondary N) is 2. The molecule has 1 aromatic heterocycles. The smallest absolute Gasteiger partial charge is 0.318 e. The minimum absolute atomic E-state index is 0.0294. The van der Waals surface area contributed by atoms with Crippen molar-refractivity contribution in [1.29, 1.82) is 0 Å². The molecule has 0 saturated carbocycles. The van der Waals surface area contributed by atoms with Gasteiger partial charge in [0, 0.05) is 18.7 Å². The fraction of sp³-hybridized carbons (Fsp3) is 0.318. The number of hydrogen-bond acceptors (Lipinski definition) is 3. The summed E-state index contributed by atoms with van der Waals surface area (Å²) in [4.78, 5) is 19.4. The third-order valence-corrected chi connectivity index (χ3v) is 5.15. The Morgan fingerprint density at radius 1 is 1.07 bits per heavy atom. The molecule has 1 unspecified atom stereocenters. The second-order valence-corrected chi connectivity index (χ2v) is 7.08. The average molecular weight is 375 g/mol. The predicted octanol–water partition coefficient (Wildman–Crippen LogP) is 3.95. The molecule has 0 radical (unpaired) electrons. The minimum atomic E-state index is -0.0598. The Balaban J connectivity index is 1.41. The molecule has 1 saturated heterocycles. The van der Waals surface area contributed by atoms with Crippen LogP contribution in [-0.2, 0) is 6.42 Å². The van der Waals surface area contributed by atoms with Crippen LogP contribution in [0.1, 0.15) is 36.7 Å². The second kappa shape index (κ2) is 8.69. The van der Waals surface area contributed by atoms with Gasteiger partial charge in [0.25, 0.3) is 0 Å². The van der Waals surface area contributed by atoms with E-state index in [1.54, 1.807) is 0 Å². The van der Waals surface area contributed by atoms with E-state index in [0.29, 0.717) is 12.4 Å². The van der Waals surface area contributed by atoms with Crippen LogP contribution in [0.4, 0.5) is 4.79 Å². The Hall–Kier alpha value is -3.15. The number of benzene rings is 2. The lowest BCUT2D eigenvalue weighted by Gasteiger charge is -2.34. The molecule has 3 aromatic rings. The predicted molar refractivity (Wildman–Crippen MR) is 109 cm³/mol. The van der Waals surface area contributed by atoms with Crippen molar-refractivity contribution in [2.45, 2.75) is 31.7 Å². The molecule has 2 heterocycles. The number of nitrogens with zero attached hydrogens (tertiary/aromatic N) is 3. The summed E-state index contributed by atoms with van der Waals surface area (Å²) in [6.45, 7) is 1.36. The minimum Gasteiger partial charge on any atom is -0.338 e. The van der Waals surface area contributed by atoms with Crippen LogP contribution in [0, 0.1) is 0 Å². The Morgan fingerprint density at radius 2 is 1.82 bits per heavy atom. The van der Waals surface area contributed by atoms with E-state index < -0.39 is 0 Å². The van der Waals surface area contributed by atoms with Crippen molar-refractivity contribution >= 4 is 6.03 Å². The van der Waals surface area contributed by atoms with Gasteiger partial charge in [-0.2, -0.15) is 5.10 Å². The van der Waals surface area contributed by atoms with Crippen LogP contribution in [0.5, 0.6) is 0 Å². The van der Waals surface area contributed by atoms with Crippen molar-refractivity contribution in [3.63, 3.8) is 0 Å². The lowest BCUT2D eigenvalue weighted by Crippen LogP contribution is -2.45. The van der Waals surface area contributed by atoms with Gasteiger partial charge in [0.15, 0.2) is 5.82 Å². The first-order chi connectivity index (χ1) is 13.8. The molecule has 1 atom stereocenters. The Labute approximate surface area is 165 Å². The van der Waals surface area contributed by atoms with Crippen LogP contribution < -0.4 is 5.32 Å². The number of likely N-dealkylation sites (tertiary alicyclic amines) is 1. The maximum absolute atomic E-state index is 12.8. The van der Waals surface area contributed by atoms with Crippen molar-refractivity contribution in [2.24, 2.45) is 0 Å². The quantitative estimate of drug-likeness (QED) is 0.709. The summed E-state index contributed by atoms with van der Waals surface area (Å²) in [6.07, 6.45) is 3.82. The Kier molecular flexibility index (Phi) is 5.66. The zero-order valence-electron chi connectivity index (χ0n) is 15.8. The van der Waals surface area contributed by atoms with E-state index in [0.717, 1.165) is 43.6 Å². The highest BCUT2D eigenvalue weighted by atomic mass is 16.2. The average Bonchev–Trinajstić information content (AvgIpc) is 3.25. The van der Waals surface area contributed by atoms with E-state index >= 15 is 0 Å². The van der Waals surface area contributed by atoms with Gasteiger partial charge < -0.3 is 10.2 Å². The maximum Gasteiger partial charge on any atom is 0.318 e. The van der Waals surface area contributed by atoms with Crippen LogP contribution in [0.2, 0.25) is 0 Å². The zero-order chi connectivity index (χ0) is 19.2. The largest absolute Gasteiger partial charge is 0.338 e. The third kappa shape index (κ3) is 4.22. The van der Waals surface area contributed by atoms with Crippen molar-refractivity contribution in [3.05, 3.63) is 72.1 Å². The molecular weight excluding hydrogens is 350 g/mol. The van der Waals surface area contributed by atoms with E-state index in [1.807, 2.05) is 53.4 Å². The molecule has 144 valence electrons. The molecule has 6 nitrogen and oxygen atoms in total. The molecule has 6 heteroatoms. The van der Waals surface area contributed by atoms with Crippen LogP contribution in [0.25, 0.3) is 11.4 Å². The number of aromatic amines is 1. The SMILES string of the molecule is O=C(NCCc1ccccc1)N1CCCCC1c1nc(-c2ccccc2)n[nH]1. The summed E-state index contributed by atoms with van der Waals surface area (Å²) in [6, 6.07) is 20.0. The topological polar surface area (TPSA) is 73.9 Å². The number of piperidine rings is 1. The number of hydrogen-bond donors (Lipinski definition) is 2. The monoisotopic (exact) mass is 375 g/mol.